The van der Waals surface area contributed by atoms with Crippen LogP contribution in [-0.2, 0) is 0 Å². The second-order valence-electron chi connectivity index (χ2n) is 2.60. The van der Waals surface area contributed by atoms with E-state index in [1.807, 2.05) is 0 Å². The quantitative estimate of drug-likeness (QED) is 0.506. The van der Waals surface area contributed by atoms with E-state index in [1.54, 1.807) is 6.07 Å². The fraction of sp³-hybridized carbons (Fsp3) is 0.125. The Balaban J connectivity index is 2.87. The Kier molecular flexibility index (Phi) is 1.81. The van der Waals surface area contributed by atoms with Crippen molar-refractivity contribution in [3.63, 3.8) is 0 Å². The van der Waals surface area contributed by atoms with Gasteiger partial charge in [0.15, 0.2) is 12.0 Å². The van der Waals surface area contributed by atoms with Gasteiger partial charge in [-0.05, 0) is 17.0 Å². The van der Waals surface area contributed by atoms with Crippen LogP contribution in [0.3, 0.4) is 0 Å². The van der Waals surface area contributed by atoms with Crippen LogP contribution < -0.4 is 9.64 Å². The van der Waals surface area contributed by atoms with Crippen LogP contribution in [0.4, 0.5) is 0 Å². The van der Waals surface area contributed by atoms with E-state index in [-0.39, 0.29) is 21.5 Å². The van der Waals surface area contributed by atoms with Crippen LogP contribution in [-0.4, -0.2) is 18.6 Å². The average molecular weight is 194 g/mol. The Labute approximate surface area is 78.2 Å². The maximum absolute atomic E-state index is 11.1. The van der Waals surface area contributed by atoms with Crippen molar-refractivity contribution in [3.05, 3.63) is 22.9 Å². The Hall–Kier alpha value is -2.11. The third-order valence-corrected chi connectivity index (χ3v) is 1.88. The summed E-state index contributed by atoms with van der Waals surface area (Å²) in [6.45, 7) is 0. The first kappa shape index (κ1) is 8.49. The first-order valence-electron chi connectivity index (χ1n) is 3.79. The molecule has 0 atom stereocenters. The van der Waals surface area contributed by atoms with Crippen LogP contribution >= 0.6 is 0 Å². The minimum absolute atomic E-state index is 0.0827. The fourth-order valence-electron chi connectivity index (χ4n) is 1.24. The Morgan fingerprint density at radius 3 is 3.07 bits per heavy atom. The fourth-order valence-corrected chi connectivity index (χ4v) is 1.24. The van der Waals surface area contributed by atoms with Gasteiger partial charge >= 0.3 is 0 Å². The number of aldehydes is 1. The molecule has 0 aliphatic heterocycles. The zero-order valence-electron chi connectivity index (χ0n) is 7.26. The van der Waals surface area contributed by atoms with Crippen molar-refractivity contribution in [2.24, 2.45) is 0 Å². The minimum Gasteiger partial charge on any atom is -0.492 e. The van der Waals surface area contributed by atoms with Crippen molar-refractivity contribution >= 4 is 17.3 Å². The van der Waals surface area contributed by atoms with E-state index in [4.69, 9.17) is 4.74 Å². The summed E-state index contributed by atoms with van der Waals surface area (Å²) < 4.78 is 9.32. The van der Waals surface area contributed by atoms with Gasteiger partial charge in [-0.3, -0.25) is 9.42 Å². The molecule has 0 spiro atoms. The molecule has 2 rings (SSSR count). The molecule has 0 unspecified atom stereocenters. The molecule has 6 nitrogen and oxygen atoms in total. The number of benzene rings is 1. The molecule has 0 fully saturated rings. The molecule has 0 aliphatic carbocycles. The smallest absolute Gasteiger partial charge is 0.290 e. The van der Waals surface area contributed by atoms with Gasteiger partial charge in [0.05, 0.1) is 17.8 Å². The van der Waals surface area contributed by atoms with E-state index in [2.05, 4.69) is 9.79 Å². The molecule has 14 heavy (non-hydrogen) atoms. The molecule has 0 amide bonds. The molecule has 1 aromatic heterocycles. The molecule has 0 N–H and O–H groups in total. The number of aromatic nitrogens is 2. The maximum Gasteiger partial charge on any atom is 0.290 e. The van der Waals surface area contributed by atoms with Crippen molar-refractivity contribution in [2.75, 3.05) is 7.11 Å². The standard InChI is InChI=1S/C8H6N2O4/c1-13-6-3-2-5(4-11)8-7(6)9-14-10(8)12/h2-4H,1H3. The van der Waals surface area contributed by atoms with Gasteiger partial charge < -0.3 is 9.94 Å². The van der Waals surface area contributed by atoms with Crippen molar-refractivity contribution in [3.8, 4) is 5.75 Å². The van der Waals surface area contributed by atoms with E-state index in [0.29, 0.717) is 12.0 Å². The lowest BCUT2D eigenvalue weighted by Crippen LogP contribution is -2.23. The number of ether oxygens (including phenoxy) is 1. The molecular weight excluding hydrogens is 188 g/mol. The number of nitrogens with zero attached hydrogens (tertiary/aromatic N) is 2. The molecular formula is C8H6N2O4. The Morgan fingerprint density at radius 2 is 2.43 bits per heavy atom. The first-order chi connectivity index (χ1) is 6.77. The zero-order chi connectivity index (χ0) is 10.1. The normalized spacial score (nSPS) is 10.4. The second-order valence-corrected chi connectivity index (χ2v) is 2.60. The van der Waals surface area contributed by atoms with E-state index in [9.17, 15) is 10.0 Å². The van der Waals surface area contributed by atoms with Crippen molar-refractivity contribution in [2.45, 2.75) is 0 Å². The number of fused-ring (bicyclic) bond motifs is 1. The van der Waals surface area contributed by atoms with Gasteiger partial charge in [-0.25, -0.2) is 0 Å². The molecule has 0 aliphatic rings. The summed E-state index contributed by atoms with van der Waals surface area (Å²) in [6.07, 6.45) is 0.563. The third-order valence-electron chi connectivity index (χ3n) is 1.88. The van der Waals surface area contributed by atoms with E-state index in [1.165, 1.54) is 13.2 Å². The summed E-state index contributed by atoms with van der Waals surface area (Å²) in [4.78, 5) is 10.8. The zero-order valence-corrected chi connectivity index (χ0v) is 7.26. The number of rotatable bonds is 2. The lowest BCUT2D eigenvalue weighted by molar-refractivity contribution is -0.782. The Morgan fingerprint density at radius 1 is 1.64 bits per heavy atom. The van der Waals surface area contributed by atoms with Crippen molar-refractivity contribution < 1.29 is 19.1 Å². The predicted molar refractivity (Wildman–Crippen MR) is 44.9 cm³/mol. The van der Waals surface area contributed by atoms with Gasteiger partial charge in [0.2, 0.25) is 5.52 Å². The summed E-state index contributed by atoms with van der Waals surface area (Å²) in [6, 6.07) is 3.02. The lowest BCUT2D eigenvalue weighted by atomic mass is 10.2. The summed E-state index contributed by atoms with van der Waals surface area (Å²) in [5.41, 5.74) is 0.545. The van der Waals surface area contributed by atoms with Crippen LogP contribution in [0.25, 0.3) is 11.0 Å². The first-order valence-corrected chi connectivity index (χ1v) is 3.79. The summed E-state index contributed by atoms with van der Waals surface area (Å²) in [5, 5.41) is 14.6. The second kappa shape index (κ2) is 2.99. The summed E-state index contributed by atoms with van der Waals surface area (Å²) >= 11 is 0. The van der Waals surface area contributed by atoms with Gasteiger partial charge in [0.25, 0.3) is 5.52 Å². The third kappa shape index (κ3) is 1.00. The SMILES string of the molecule is COc1ccc(C=O)c2c1no[n+]2[O-]. The van der Waals surface area contributed by atoms with Gasteiger partial charge in [-0.15, -0.1) is 0 Å². The van der Waals surface area contributed by atoms with E-state index >= 15 is 0 Å². The largest absolute Gasteiger partial charge is 0.492 e. The van der Waals surface area contributed by atoms with Crippen LogP contribution in [0.15, 0.2) is 16.8 Å². The highest BCUT2D eigenvalue weighted by atomic mass is 16.8. The lowest BCUT2D eigenvalue weighted by Gasteiger charge is -1.97. The predicted octanol–water partition coefficient (Wildman–Crippen LogP) is 0.282. The number of carbonyl (C=O) groups excluding carboxylic acids is 1. The molecule has 0 bridgehead atoms. The highest BCUT2D eigenvalue weighted by Gasteiger charge is 2.18. The molecule has 0 radical (unpaired) electrons. The molecule has 2 aromatic rings. The monoisotopic (exact) mass is 194 g/mol. The summed E-state index contributed by atoms with van der Waals surface area (Å²) in [5.74, 6) is 0.393. The van der Waals surface area contributed by atoms with Crippen LogP contribution in [0, 0.1) is 5.21 Å². The van der Waals surface area contributed by atoms with Gasteiger partial charge in [-0.1, -0.05) is 0 Å². The molecule has 1 aromatic carbocycles. The Bertz CT molecular complexity index is 491. The average Bonchev–Trinajstić information content (AvgIpc) is 2.60. The van der Waals surface area contributed by atoms with Gasteiger partial charge in [-0.2, -0.15) is 0 Å². The minimum atomic E-state index is 0.0827. The van der Waals surface area contributed by atoms with Crippen LogP contribution in [0.5, 0.6) is 5.75 Å². The van der Waals surface area contributed by atoms with E-state index in [0.717, 1.165) is 0 Å². The topological polar surface area (TPSA) is 79.3 Å². The molecule has 1 heterocycles. The molecule has 72 valence electrons. The van der Waals surface area contributed by atoms with Crippen LogP contribution in [0.2, 0.25) is 0 Å². The number of methoxy groups -OCH3 is 1. The summed E-state index contributed by atoms with van der Waals surface area (Å²) in [7, 11) is 1.44. The van der Waals surface area contributed by atoms with Crippen molar-refractivity contribution in [1.29, 1.82) is 0 Å². The number of hydrogen-bond donors (Lipinski definition) is 0. The van der Waals surface area contributed by atoms with Gasteiger partial charge in [0, 0.05) is 0 Å². The van der Waals surface area contributed by atoms with Crippen LogP contribution in [0.1, 0.15) is 10.4 Å². The maximum atomic E-state index is 11.1. The number of hydrogen-bond acceptors (Lipinski definition) is 5. The highest BCUT2D eigenvalue weighted by Crippen LogP contribution is 2.23. The van der Waals surface area contributed by atoms with E-state index < -0.39 is 0 Å². The molecule has 6 heteroatoms. The molecule has 0 saturated heterocycles. The molecule has 0 saturated carbocycles. The number of carbonyl (C=O) groups is 1. The van der Waals surface area contributed by atoms with Gasteiger partial charge in [0.1, 0.15) is 0 Å². The highest BCUT2D eigenvalue weighted by molar-refractivity contribution is 5.94. The van der Waals surface area contributed by atoms with Crippen molar-refractivity contribution in [1.82, 2.24) is 5.16 Å².